The second-order valence-corrected chi connectivity index (χ2v) is 5.35. The third kappa shape index (κ3) is 2.56. The van der Waals surface area contributed by atoms with E-state index in [1.807, 2.05) is 32.0 Å². The maximum Gasteiger partial charge on any atom is 0.216 e. The zero-order valence-corrected chi connectivity index (χ0v) is 9.16. The molecule has 0 saturated heterocycles. The Hall–Kier alpha value is -0.870. The van der Waals surface area contributed by atoms with Crippen molar-refractivity contribution in [1.29, 1.82) is 0 Å². The van der Waals surface area contributed by atoms with Crippen molar-refractivity contribution in [2.45, 2.75) is 19.1 Å². The molecule has 0 amide bonds. The van der Waals surface area contributed by atoms with Crippen LogP contribution in [-0.2, 0) is 10.0 Å². The molecule has 1 rings (SSSR count). The van der Waals surface area contributed by atoms with Gasteiger partial charge in [0.2, 0.25) is 10.0 Å². The summed E-state index contributed by atoms with van der Waals surface area (Å²) in [5.74, 6) is -0.0209. The number of sulfonamides is 1. The van der Waals surface area contributed by atoms with Crippen molar-refractivity contribution < 1.29 is 8.42 Å². The molecule has 0 heterocycles. The molecule has 1 atom stereocenters. The molecule has 0 spiro atoms. The average Bonchev–Trinajstić information content (AvgIpc) is 2.02. The Bertz CT molecular complexity index is 384. The van der Waals surface area contributed by atoms with Gasteiger partial charge in [0.15, 0.2) is 0 Å². The van der Waals surface area contributed by atoms with Crippen LogP contribution in [0.15, 0.2) is 30.3 Å². The molecule has 14 heavy (non-hydrogen) atoms. The fourth-order valence-corrected chi connectivity index (χ4v) is 2.89. The van der Waals surface area contributed by atoms with Crippen LogP contribution in [0.2, 0.25) is 0 Å². The summed E-state index contributed by atoms with van der Waals surface area (Å²) in [6.07, 6.45) is 0. The van der Waals surface area contributed by atoms with Crippen LogP contribution in [0.5, 0.6) is 0 Å². The highest BCUT2D eigenvalue weighted by molar-refractivity contribution is 7.89. The summed E-state index contributed by atoms with van der Waals surface area (Å²) in [4.78, 5) is 0. The van der Waals surface area contributed by atoms with Crippen molar-refractivity contribution in [3.63, 3.8) is 0 Å². The molecule has 0 saturated carbocycles. The van der Waals surface area contributed by atoms with Crippen molar-refractivity contribution in [2.75, 3.05) is 0 Å². The Morgan fingerprint density at radius 1 is 1.14 bits per heavy atom. The summed E-state index contributed by atoms with van der Waals surface area (Å²) in [5, 5.41) is 4.58. The summed E-state index contributed by atoms with van der Waals surface area (Å²) in [7, 11) is -3.52. The number of rotatable bonds is 3. The van der Waals surface area contributed by atoms with E-state index in [0.29, 0.717) is 0 Å². The molecule has 2 N–H and O–H groups in total. The van der Waals surface area contributed by atoms with Gasteiger partial charge < -0.3 is 0 Å². The quantitative estimate of drug-likeness (QED) is 0.830. The van der Waals surface area contributed by atoms with Crippen molar-refractivity contribution in [1.82, 2.24) is 0 Å². The van der Waals surface area contributed by atoms with Gasteiger partial charge in [0.05, 0.1) is 0 Å². The number of benzene rings is 1. The molecule has 0 aliphatic carbocycles. The lowest BCUT2D eigenvalue weighted by molar-refractivity contribution is 0.541. The molecule has 3 nitrogen and oxygen atoms in total. The second kappa shape index (κ2) is 4.11. The van der Waals surface area contributed by atoms with Crippen LogP contribution in [0.4, 0.5) is 0 Å². The molecule has 4 heteroatoms. The van der Waals surface area contributed by atoms with E-state index in [2.05, 4.69) is 0 Å². The molecular formula is C10H15NO2S. The first-order chi connectivity index (χ1) is 6.43. The number of hydrogen-bond donors (Lipinski definition) is 1. The summed E-state index contributed by atoms with van der Waals surface area (Å²) in [5.41, 5.74) is 0.755. The minimum absolute atomic E-state index is 0.0209. The van der Waals surface area contributed by atoms with Crippen LogP contribution in [0.3, 0.4) is 0 Å². The smallest absolute Gasteiger partial charge is 0.216 e. The maximum atomic E-state index is 11.4. The standard InChI is InChI=1S/C10H15NO2S/c1-8(2)10(14(11,12)13)9-6-4-3-5-7-9/h3-8,10H,1-2H3,(H2,11,12,13). The van der Waals surface area contributed by atoms with Crippen LogP contribution >= 0.6 is 0 Å². The number of hydrogen-bond acceptors (Lipinski definition) is 2. The fourth-order valence-electron chi connectivity index (χ4n) is 1.60. The normalized spacial score (nSPS) is 14.3. The summed E-state index contributed by atoms with van der Waals surface area (Å²) >= 11 is 0. The van der Waals surface area contributed by atoms with Crippen LogP contribution in [0, 0.1) is 5.92 Å². The predicted molar refractivity (Wildman–Crippen MR) is 57.1 cm³/mol. The Morgan fingerprint density at radius 3 is 2.00 bits per heavy atom. The van der Waals surface area contributed by atoms with Gasteiger partial charge in [-0.05, 0) is 11.5 Å². The summed E-state index contributed by atoms with van der Waals surface area (Å²) < 4.78 is 22.7. The van der Waals surface area contributed by atoms with Crippen molar-refractivity contribution in [3.8, 4) is 0 Å². The van der Waals surface area contributed by atoms with Crippen LogP contribution in [-0.4, -0.2) is 8.42 Å². The molecule has 1 aromatic rings. The van der Waals surface area contributed by atoms with Gasteiger partial charge in [-0.2, -0.15) is 0 Å². The lowest BCUT2D eigenvalue weighted by Gasteiger charge is -2.18. The molecule has 0 aliphatic heterocycles. The van der Waals surface area contributed by atoms with Gasteiger partial charge in [-0.25, -0.2) is 13.6 Å². The molecule has 0 aliphatic rings. The van der Waals surface area contributed by atoms with E-state index >= 15 is 0 Å². The lowest BCUT2D eigenvalue weighted by Crippen LogP contribution is -2.25. The average molecular weight is 213 g/mol. The highest BCUT2D eigenvalue weighted by Crippen LogP contribution is 2.27. The van der Waals surface area contributed by atoms with Gasteiger partial charge in [-0.1, -0.05) is 44.2 Å². The summed E-state index contributed by atoms with van der Waals surface area (Å²) in [6.45, 7) is 3.70. The lowest BCUT2D eigenvalue weighted by atomic mass is 10.0. The Kier molecular flexibility index (Phi) is 3.29. The Morgan fingerprint density at radius 2 is 1.64 bits per heavy atom. The molecule has 0 fully saturated rings. The second-order valence-electron chi connectivity index (χ2n) is 3.66. The van der Waals surface area contributed by atoms with Gasteiger partial charge in [0.1, 0.15) is 5.25 Å². The van der Waals surface area contributed by atoms with E-state index in [0.717, 1.165) is 5.56 Å². The van der Waals surface area contributed by atoms with E-state index < -0.39 is 15.3 Å². The van der Waals surface area contributed by atoms with Crippen LogP contribution < -0.4 is 5.14 Å². The minimum Gasteiger partial charge on any atom is -0.228 e. The molecule has 1 aromatic carbocycles. The van der Waals surface area contributed by atoms with Gasteiger partial charge >= 0.3 is 0 Å². The number of nitrogens with two attached hydrogens (primary N) is 1. The maximum absolute atomic E-state index is 11.4. The molecule has 78 valence electrons. The van der Waals surface area contributed by atoms with Crippen molar-refractivity contribution >= 4 is 10.0 Å². The molecular weight excluding hydrogens is 198 g/mol. The van der Waals surface area contributed by atoms with Crippen molar-refractivity contribution in [2.24, 2.45) is 11.1 Å². The molecule has 0 bridgehead atoms. The van der Waals surface area contributed by atoms with E-state index in [1.165, 1.54) is 0 Å². The van der Waals surface area contributed by atoms with Crippen LogP contribution in [0.25, 0.3) is 0 Å². The fraction of sp³-hybridized carbons (Fsp3) is 0.400. The molecule has 0 aromatic heterocycles. The van der Waals surface area contributed by atoms with Gasteiger partial charge in [-0.15, -0.1) is 0 Å². The van der Waals surface area contributed by atoms with E-state index in [9.17, 15) is 8.42 Å². The van der Waals surface area contributed by atoms with Crippen LogP contribution in [0.1, 0.15) is 24.7 Å². The van der Waals surface area contributed by atoms with Gasteiger partial charge in [-0.3, -0.25) is 0 Å². The topological polar surface area (TPSA) is 60.2 Å². The number of primary sulfonamides is 1. The van der Waals surface area contributed by atoms with E-state index in [4.69, 9.17) is 5.14 Å². The highest BCUT2D eigenvalue weighted by Gasteiger charge is 2.26. The first-order valence-corrected chi connectivity index (χ1v) is 6.10. The van der Waals surface area contributed by atoms with Gasteiger partial charge in [0, 0.05) is 0 Å². The van der Waals surface area contributed by atoms with E-state index in [-0.39, 0.29) is 5.92 Å². The first-order valence-electron chi connectivity index (χ1n) is 4.49. The largest absolute Gasteiger partial charge is 0.228 e. The third-order valence-corrected chi connectivity index (χ3v) is 3.61. The predicted octanol–water partition coefficient (Wildman–Crippen LogP) is 1.67. The zero-order valence-electron chi connectivity index (χ0n) is 8.34. The Balaban J connectivity index is 3.15. The Labute approximate surface area is 85.0 Å². The molecule has 1 unspecified atom stereocenters. The SMILES string of the molecule is CC(C)C(c1ccccc1)S(N)(=O)=O. The molecule has 0 radical (unpaired) electrons. The summed E-state index contributed by atoms with van der Waals surface area (Å²) in [6, 6.07) is 9.06. The van der Waals surface area contributed by atoms with E-state index in [1.54, 1.807) is 12.1 Å². The van der Waals surface area contributed by atoms with Crippen molar-refractivity contribution in [3.05, 3.63) is 35.9 Å². The third-order valence-electron chi connectivity index (χ3n) is 2.09. The first kappa shape index (κ1) is 11.2. The highest BCUT2D eigenvalue weighted by atomic mass is 32.2. The monoisotopic (exact) mass is 213 g/mol. The minimum atomic E-state index is -3.52. The van der Waals surface area contributed by atoms with Gasteiger partial charge in [0.25, 0.3) is 0 Å². The zero-order chi connectivity index (χ0) is 10.8.